The maximum absolute atomic E-state index is 13.4. The fourth-order valence-corrected chi connectivity index (χ4v) is 4.40. The van der Waals surface area contributed by atoms with Crippen LogP contribution in [0, 0.1) is 17.3 Å². The molecule has 1 heterocycles. The maximum Gasteiger partial charge on any atom is 0.261 e. The smallest absolute Gasteiger partial charge is 0.261 e. The van der Waals surface area contributed by atoms with E-state index in [0.29, 0.717) is 47.9 Å². The topological polar surface area (TPSA) is 55.2 Å². The van der Waals surface area contributed by atoms with Crippen LogP contribution in [0.4, 0.5) is 0 Å². The summed E-state index contributed by atoms with van der Waals surface area (Å²) in [5.74, 6) is 1.45. The Bertz CT molecular complexity index is 924. The number of carbonyl (C=O) groups excluding carboxylic acids is 1. The molecule has 5 heteroatoms. The number of hydrogen-bond donors (Lipinski definition) is 0. The maximum atomic E-state index is 13.4. The standard InChI is InChI=1S/C25H39N3O2/c1-9-21(23-26-20-13-11-10-12-19(20)24(30)27(23)8)28(16-17(2)3)22(29)14-18(4)15-25(5,6)7/h10-13,17-18,21H,9,14-16H2,1-8H3. The lowest BCUT2D eigenvalue weighted by Gasteiger charge is -2.34. The van der Waals surface area contributed by atoms with E-state index in [1.165, 1.54) is 0 Å². The highest BCUT2D eigenvalue weighted by molar-refractivity contribution is 5.78. The predicted octanol–water partition coefficient (Wildman–Crippen LogP) is 5.33. The van der Waals surface area contributed by atoms with E-state index >= 15 is 0 Å². The van der Waals surface area contributed by atoms with Crippen LogP contribution in [0.15, 0.2) is 29.1 Å². The number of aromatic nitrogens is 2. The predicted molar refractivity (Wildman–Crippen MR) is 124 cm³/mol. The molecule has 0 saturated carbocycles. The van der Waals surface area contributed by atoms with Crippen molar-refractivity contribution in [2.24, 2.45) is 24.3 Å². The van der Waals surface area contributed by atoms with E-state index in [-0.39, 0.29) is 22.9 Å². The third kappa shape index (κ3) is 5.93. The molecule has 30 heavy (non-hydrogen) atoms. The van der Waals surface area contributed by atoms with Gasteiger partial charge in [0.05, 0.1) is 16.9 Å². The summed E-state index contributed by atoms with van der Waals surface area (Å²) >= 11 is 0. The van der Waals surface area contributed by atoms with Gasteiger partial charge in [0, 0.05) is 20.0 Å². The second kappa shape index (κ2) is 9.76. The molecule has 2 aromatic rings. The second-order valence-corrected chi connectivity index (χ2v) is 10.3. The SMILES string of the molecule is CCC(c1nc2ccccc2c(=O)n1C)N(CC(C)C)C(=O)CC(C)CC(C)(C)C. The van der Waals surface area contributed by atoms with Crippen LogP contribution in [0.5, 0.6) is 0 Å². The number of nitrogens with zero attached hydrogens (tertiary/aromatic N) is 3. The van der Waals surface area contributed by atoms with Crippen molar-refractivity contribution in [1.29, 1.82) is 0 Å². The molecule has 0 aliphatic carbocycles. The summed E-state index contributed by atoms with van der Waals surface area (Å²) in [5.41, 5.74) is 0.815. The van der Waals surface area contributed by atoms with Gasteiger partial charge in [-0.25, -0.2) is 4.98 Å². The normalized spacial score (nSPS) is 14.2. The van der Waals surface area contributed by atoms with Gasteiger partial charge in [0.1, 0.15) is 5.82 Å². The van der Waals surface area contributed by atoms with Crippen molar-refractivity contribution in [2.45, 2.75) is 73.8 Å². The van der Waals surface area contributed by atoms with Gasteiger partial charge in [0.2, 0.25) is 5.91 Å². The average molecular weight is 414 g/mol. The largest absolute Gasteiger partial charge is 0.332 e. The van der Waals surface area contributed by atoms with Crippen LogP contribution in [0.25, 0.3) is 10.9 Å². The Morgan fingerprint density at radius 2 is 1.80 bits per heavy atom. The zero-order valence-corrected chi connectivity index (χ0v) is 20.0. The lowest BCUT2D eigenvalue weighted by atomic mass is 9.84. The molecule has 0 radical (unpaired) electrons. The summed E-state index contributed by atoms with van der Waals surface area (Å²) in [7, 11) is 1.76. The summed E-state index contributed by atoms with van der Waals surface area (Å²) in [6.45, 7) is 15.8. The van der Waals surface area contributed by atoms with Crippen LogP contribution in [-0.4, -0.2) is 26.9 Å². The third-order valence-corrected chi connectivity index (χ3v) is 5.44. The summed E-state index contributed by atoms with van der Waals surface area (Å²) in [6.07, 6.45) is 2.23. The van der Waals surface area contributed by atoms with Gasteiger partial charge < -0.3 is 4.90 Å². The molecular weight excluding hydrogens is 374 g/mol. The molecule has 0 aliphatic heterocycles. The zero-order valence-electron chi connectivity index (χ0n) is 20.0. The lowest BCUT2D eigenvalue weighted by molar-refractivity contribution is -0.135. The van der Waals surface area contributed by atoms with Gasteiger partial charge >= 0.3 is 0 Å². The fraction of sp³-hybridized carbons (Fsp3) is 0.640. The molecule has 2 atom stereocenters. The molecule has 0 fully saturated rings. The molecule has 1 aromatic heterocycles. The molecule has 0 aliphatic rings. The summed E-state index contributed by atoms with van der Waals surface area (Å²) in [4.78, 5) is 33.1. The van der Waals surface area contributed by atoms with Gasteiger partial charge in [-0.15, -0.1) is 0 Å². The van der Waals surface area contributed by atoms with Crippen LogP contribution in [-0.2, 0) is 11.8 Å². The summed E-state index contributed by atoms with van der Waals surface area (Å²) in [6, 6.07) is 7.20. The Balaban J connectivity index is 2.44. The van der Waals surface area contributed by atoms with Crippen molar-refractivity contribution in [3.8, 4) is 0 Å². The number of carbonyl (C=O) groups is 1. The first-order valence-electron chi connectivity index (χ1n) is 11.2. The van der Waals surface area contributed by atoms with Crippen molar-refractivity contribution in [3.63, 3.8) is 0 Å². The molecule has 166 valence electrons. The number of amides is 1. The molecule has 0 bridgehead atoms. The first kappa shape index (κ1) is 24.1. The van der Waals surface area contributed by atoms with Gasteiger partial charge in [-0.3, -0.25) is 14.2 Å². The lowest BCUT2D eigenvalue weighted by Crippen LogP contribution is -2.41. The zero-order chi connectivity index (χ0) is 22.6. The molecule has 5 nitrogen and oxygen atoms in total. The van der Waals surface area contributed by atoms with Crippen molar-refractivity contribution in [1.82, 2.24) is 14.5 Å². The highest BCUT2D eigenvalue weighted by Crippen LogP contribution is 2.29. The molecule has 0 saturated heterocycles. The van der Waals surface area contributed by atoms with Crippen molar-refractivity contribution in [2.75, 3.05) is 6.54 Å². The van der Waals surface area contributed by atoms with Crippen LogP contribution in [0.3, 0.4) is 0 Å². The van der Waals surface area contributed by atoms with Crippen LogP contribution in [0.2, 0.25) is 0 Å². The van der Waals surface area contributed by atoms with Crippen LogP contribution >= 0.6 is 0 Å². The number of benzene rings is 1. The first-order valence-corrected chi connectivity index (χ1v) is 11.2. The number of para-hydroxylation sites is 1. The Morgan fingerprint density at radius 3 is 2.37 bits per heavy atom. The molecule has 2 rings (SSSR count). The van der Waals surface area contributed by atoms with E-state index in [0.717, 1.165) is 6.42 Å². The Kier molecular flexibility index (Phi) is 7.84. The van der Waals surface area contributed by atoms with E-state index in [4.69, 9.17) is 4.98 Å². The van der Waals surface area contributed by atoms with E-state index in [1.807, 2.05) is 23.1 Å². The minimum absolute atomic E-state index is 0.0629. The van der Waals surface area contributed by atoms with Gasteiger partial charge in [-0.05, 0) is 42.2 Å². The van der Waals surface area contributed by atoms with E-state index < -0.39 is 0 Å². The molecule has 0 spiro atoms. The van der Waals surface area contributed by atoms with E-state index in [2.05, 4.69) is 48.5 Å². The minimum atomic E-state index is -0.218. The van der Waals surface area contributed by atoms with Crippen LogP contribution < -0.4 is 5.56 Å². The quantitative estimate of drug-likeness (QED) is 0.587. The van der Waals surface area contributed by atoms with Gasteiger partial charge in [-0.2, -0.15) is 0 Å². The monoisotopic (exact) mass is 413 g/mol. The van der Waals surface area contributed by atoms with Crippen molar-refractivity contribution < 1.29 is 4.79 Å². The van der Waals surface area contributed by atoms with Crippen molar-refractivity contribution >= 4 is 16.8 Å². The highest BCUT2D eigenvalue weighted by atomic mass is 16.2. The fourth-order valence-electron chi connectivity index (χ4n) is 4.40. The second-order valence-electron chi connectivity index (χ2n) is 10.3. The third-order valence-electron chi connectivity index (χ3n) is 5.44. The minimum Gasteiger partial charge on any atom is -0.332 e. The summed E-state index contributed by atoms with van der Waals surface area (Å²) < 4.78 is 1.62. The molecule has 2 unspecified atom stereocenters. The van der Waals surface area contributed by atoms with Gasteiger partial charge in [0.25, 0.3) is 5.56 Å². The Morgan fingerprint density at radius 1 is 1.17 bits per heavy atom. The van der Waals surface area contributed by atoms with Crippen LogP contribution in [0.1, 0.15) is 79.6 Å². The van der Waals surface area contributed by atoms with E-state index in [9.17, 15) is 9.59 Å². The van der Waals surface area contributed by atoms with Crippen molar-refractivity contribution in [3.05, 3.63) is 40.4 Å². The number of hydrogen-bond acceptors (Lipinski definition) is 3. The molecule has 1 amide bonds. The Hall–Kier alpha value is -2.17. The summed E-state index contributed by atoms with van der Waals surface area (Å²) in [5, 5.41) is 0.610. The first-order chi connectivity index (χ1) is 13.9. The highest BCUT2D eigenvalue weighted by Gasteiger charge is 2.29. The molecular formula is C25H39N3O2. The average Bonchev–Trinajstić information content (AvgIpc) is 2.63. The molecule has 1 aromatic carbocycles. The van der Waals surface area contributed by atoms with E-state index in [1.54, 1.807) is 17.7 Å². The molecule has 0 N–H and O–H groups in total. The number of rotatable bonds is 8. The number of fused-ring (bicyclic) bond motifs is 1. The Labute approximate surface area is 181 Å². The van der Waals surface area contributed by atoms with Gasteiger partial charge in [0.15, 0.2) is 0 Å². The van der Waals surface area contributed by atoms with Gasteiger partial charge in [-0.1, -0.05) is 60.6 Å².